The largest absolute Gasteiger partial charge is 0.396 e. The number of rotatable bonds is 12. The Morgan fingerprint density at radius 1 is 1.38 bits per heavy atom. The lowest BCUT2D eigenvalue weighted by Gasteiger charge is -2.37. The van der Waals surface area contributed by atoms with Crippen molar-refractivity contribution in [3.8, 4) is 12.3 Å². The summed E-state index contributed by atoms with van der Waals surface area (Å²) in [4.78, 5) is 30.7. The van der Waals surface area contributed by atoms with Crippen molar-refractivity contribution < 1.29 is 14.7 Å². The van der Waals surface area contributed by atoms with E-state index >= 15 is 0 Å². The van der Waals surface area contributed by atoms with Crippen LogP contribution in [0.5, 0.6) is 0 Å². The van der Waals surface area contributed by atoms with Gasteiger partial charge in [0.1, 0.15) is 6.04 Å². The second-order valence-electron chi connectivity index (χ2n) is 8.98. The Morgan fingerprint density at radius 2 is 2.09 bits per heavy atom. The zero-order valence-electron chi connectivity index (χ0n) is 19.3. The number of thiophene rings is 1. The van der Waals surface area contributed by atoms with E-state index in [1.165, 1.54) is 0 Å². The Labute approximate surface area is 194 Å². The minimum atomic E-state index is -0.711. The molecule has 32 heavy (non-hydrogen) atoms. The predicted molar refractivity (Wildman–Crippen MR) is 125 cm³/mol. The van der Waals surface area contributed by atoms with Crippen LogP contribution in [0, 0.1) is 26.2 Å². The molecule has 1 aromatic heterocycles. The molecular weight excluding hydrogens is 424 g/mol. The molecule has 1 aromatic rings. The van der Waals surface area contributed by atoms with Crippen LogP contribution in [0.25, 0.3) is 0 Å². The quantitative estimate of drug-likeness (QED) is 0.463. The molecule has 2 amide bonds. The first-order valence-corrected chi connectivity index (χ1v) is 12.3. The van der Waals surface area contributed by atoms with Crippen molar-refractivity contribution >= 4 is 23.2 Å². The van der Waals surface area contributed by atoms with Gasteiger partial charge in [0.15, 0.2) is 5.66 Å². The number of hydrogen-bond donors (Lipinski definition) is 2. The first-order chi connectivity index (χ1) is 15.3. The molecule has 1 fully saturated rings. The highest BCUT2D eigenvalue weighted by atomic mass is 32.1. The van der Waals surface area contributed by atoms with Gasteiger partial charge in [0.25, 0.3) is 0 Å². The summed E-state index contributed by atoms with van der Waals surface area (Å²) in [5.74, 6) is 2.34. The molecule has 8 heteroatoms. The number of nitrogens with zero attached hydrogens (tertiary/aromatic N) is 3. The molecular formula is C24H34N4O3S. The van der Waals surface area contributed by atoms with Gasteiger partial charge < -0.3 is 15.3 Å². The van der Waals surface area contributed by atoms with Gasteiger partial charge in [-0.25, -0.2) is 0 Å². The third-order valence-electron chi connectivity index (χ3n) is 6.53. The molecule has 1 aliphatic carbocycles. The molecule has 0 spiro atoms. The summed E-state index contributed by atoms with van der Waals surface area (Å²) in [7, 11) is 0. The van der Waals surface area contributed by atoms with Gasteiger partial charge in [-0.2, -0.15) is 10.2 Å². The van der Waals surface area contributed by atoms with Crippen molar-refractivity contribution in [2.75, 3.05) is 6.61 Å². The van der Waals surface area contributed by atoms with Gasteiger partial charge in [0.05, 0.1) is 0 Å². The summed E-state index contributed by atoms with van der Waals surface area (Å²) >= 11 is 1.56. The maximum atomic E-state index is 13.5. The van der Waals surface area contributed by atoms with Gasteiger partial charge in [-0.15, -0.1) is 23.7 Å². The maximum absolute atomic E-state index is 13.5. The van der Waals surface area contributed by atoms with Crippen LogP contribution in [0.2, 0.25) is 0 Å². The normalized spacial score (nSPS) is 18.3. The van der Waals surface area contributed by atoms with Crippen LogP contribution in [0.4, 0.5) is 0 Å². The van der Waals surface area contributed by atoms with E-state index in [1.54, 1.807) is 16.2 Å². The van der Waals surface area contributed by atoms with E-state index in [-0.39, 0.29) is 36.9 Å². The predicted octanol–water partition coefficient (Wildman–Crippen LogP) is 4.03. The SMILES string of the molecule is C#CCCC1(CCC(=O)N(C(C(=O)NC2CCC2)c2cc(C)c(C)s2)[C@@H](C)CCO)N=N1. The molecule has 1 aliphatic heterocycles. The van der Waals surface area contributed by atoms with E-state index < -0.39 is 11.7 Å². The molecule has 7 nitrogen and oxygen atoms in total. The smallest absolute Gasteiger partial charge is 0.248 e. The topological polar surface area (TPSA) is 94.4 Å². The Hall–Kier alpha value is -2.24. The van der Waals surface area contributed by atoms with Crippen molar-refractivity contribution in [3.05, 3.63) is 21.4 Å². The second kappa shape index (κ2) is 10.6. The first-order valence-electron chi connectivity index (χ1n) is 11.5. The van der Waals surface area contributed by atoms with E-state index in [4.69, 9.17) is 6.42 Å². The fraction of sp³-hybridized carbons (Fsp3) is 0.667. The number of aliphatic hydroxyl groups is 1. The fourth-order valence-corrected chi connectivity index (χ4v) is 5.18. The molecule has 0 radical (unpaired) electrons. The van der Waals surface area contributed by atoms with E-state index in [0.717, 1.165) is 34.6 Å². The van der Waals surface area contributed by atoms with Crippen molar-refractivity contribution in [1.29, 1.82) is 0 Å². The summed E-state index contributed by atoms with van der Waals surface area (Å²) in [6.07, 6.45) is 10.7. The molecule has 0 saturated heterocycles. The van der Waals surface area contributed by atoms with Crippen LogP contribution in [0.15, 0.2) is 16.3 Å². The standard InChI is InChI=1S/C24H34N4O3S/c1-5-6-12-24(26-27-24)13-10-21(30)28(17(3)11-14-29)22(20-15-16(2)18(4)32-20)23(31)25-19-8-7-9-19/h1,15,17,19,22,29H,6-14H2,2-4H3,(H,25,31)/t17-,22?/m0/s1. The molecule has 0 bridgehead atoms. The number of hydrogen-bond acceptors (Lipinski definition) is 6. The Balaban J connectivity index is 1.84. The summed E-state index contributed by atoms with van der Waals surface area (Å²) < 4.78 is 0. The summed E-state index contributed by atoms with van der Waals surface area (Å²) in [5, 5.41) is 21.0. The zero-order valence-corrected chi connectivity index (χ0v) is 20.1. The highest BCUT2D eigenvalue weighted by molar-refractivity contribution is 7.12. The molecule has 2 aliphatic rings. The monoisotopic (exact) mass is 458 g/mol. The average Bonchev–Trinajstić information content (AvgIpc) is 3.43. The summed E-state index contributed by atoms with van der Waals surface area (Å²) in [5.41, 5.74) is 0.561. The first kappa shape index (κ1) is 24.4. The molecule has 0 aromatic carbocycles. The molecule has 2 heterocycles. The number of carbonyl (C=O) groups is 2. The van der Waals surface area contributed by atoms with Crippen molar-refractivity contribution in [2.24, 2.45) is 10.2 Å². The van der Waals surface area contributed by atoms with Gasteiger partial charge in [-0.3, -0.25) is 9.59 Å². The lowest BCUT2D eigenvalue weighted by Crippen LogP contribution is -2.51. The zero-order chi connectivity index (χ0) is 23.3. The number of terminal acetylenes is 1. The minimum absolute atomic E-state index is 0.0544. The summed E-state index contributed by atoms with van der Waals surface area (Å²) in [6.45, 7) is 5.89. The van der Waals surface area contributed by atoms with Crippen molar-refractivity contribution in [3.63, 3.8) is 0 Å². The molecule has 1 unspecified atom stereocenters. The lowest BCUT2D eigenvalue weighted by atomic mass is 9.92. The molecule has 3 rings (SSSR count). The third kappa shape index (κ3) is 5.76. The second-order valence-corrected chi connectivity index (χ2v) is 10.3. The van der Waals surface area contributed by atoms with E-state index in [1.807, 2.05) is 26.8 Å². The number of carbonyl (C=O) groups excluding carboxylic acids is 2. The highest BCUT2D eigenvalue weighted by Gasteiger charge is 2.42. The molecule has 174 valence electrons. The van der Waals surface area contributed by atoms with Crippen LogP contribution in [0.1, 0.15) is 79.6 Å². The Bertz CT molecular complexity index is 874. The van der Waals surface area contributed by atoms with Gasteiger partial charge in [-0.05, 0) is 58.1 Å². The van der Waals surface area contributed by atoms with Gasteiger partial charge >= 0.3 is 0 Å². The van der Waals surface area contributed by atoms with Gasteiger partial charge in [0, 0.05) is 54.1 Å². The van der Waals surface area contributed by atoms with Crippen molar-refractivity contribution in [2.45, 2.75) is 95.9 Å². The number of aryl methyl sites for hydroxylation is 2. The Kier molecular flexibility index (Phi) is 8.07. The van der Waals surface area contributed by atoms with Crippen molar-refractivity contribution in [1.82, 2.24) is 10.2 Å². The average molecular weight is 459 g/mol. The summed E-state index contributed by atoms with van der Waals surface area (Å²) in [6, 6.07) is 1.18. The van der Waals surface area contributed by atoms with Crippen LogP contribution >= 0.6 is 11.3 Å². The van der Waals surface area contributed by atoms with Crippen LogP contribution in [-0.2, 0) is 9.59 Å². The minimum Gasteiger partial charge on any atom is -0.396 e. The third-order valence-corrected chi connectivity index (χ3v) is 7.74. The fourth-order valence-electron chi connectivity index (χ4n) is 4.04. The van der Waals surface area contributed by atoms with E-state index in [0.29, 0.717) is 25.7 Å². The van der Waals surface area contributed by atoms with Gasteiger partial charge in [-0.1, -0.05) is 0 Å². The number of amides is 2. The van der Waals surface area contributed by atoms with E-state index in [2.05, 4.69) is 21.5 Å². The lowest BCUT2D eigenvalue weighted by molar-refractivity contribution is -0.144. The van der Waals surface area contributed by atoms with E-state index in [9.17, 15) is 14.7 Å². The maximum Gasteiger partial charge on any atom is 0.248 e. The van der Waals surface area contributed by atoms with Crippen LogP contribution in [-0.4, -0.2) is 46.2 Å². The van der Waals surface area contributed by atoms with Gasteiger partial charge in [0.2, 0.25) is 11.8 Å². The number of nitrogens with one attached hydrogen (secondary N) is 1. The van der Waals surface area contributed by atoms with Crippen LogP contribution < -0.4 is 5.32 Å². The molecule has 2 N–H and O–H groups in total. The van der Waals surface area contributed by atoms with Crippen LogP contribution in [0.3, 0.4) is 0 Å². The molecule has 2 atom stereocenters. The Morgan fingerprint density at radius 3 is 2.59 bits per heavy atom. The molecule has 1 saturated carbocycles. The number of aliphatic hydroxyl groups excluding tert-OH is 1. The highest BCUT2D eigenvalue weighted by Crippen LogP contribution is 2.39.